The maximum absolute atomic E-state index is 10.2. The number of aliphatic carboxylic acids is 1. The van der Waals surface area contributed by atoms with Crippen molar-refractivity contribution in [3.8, 4) is 0 Å². The van der Waals surface area contributed by atoms with Gasteiger partial charge in [-0.3, -0.25) is 4.79 Å². The highest BCUT2D eigenvalue weighted by atomic mass is 32.1. The average Bonchev–Trinajstić information content (AvgIpc) is 2.18. The molecule has 0 atom stereocenters. The van der Waals surface area contributed by atoms with Gasteiger partial charge in [-0.15, -0.1) is 0 Å². The molecule has 0 saturated heterocycles. The summed E-state index contributed by atoms with van der Waals surface area (Å²) in [6.07, 6.45) is 0. The Labute approximate surface area is 92.3 Å². The Morgan fingerprint density at radius 1 is 1.47 bits per heavy atom. The lowest BCUT2D eigenvalue weighted by atomic mass is 10.3. The molecule has 0 aliphatic rings. The van der Waals surface area contributed by atoms with Crippen molar-refractivity contribution in [2.24, 2.45) is 0 Å². The van der Waals surface area contributed by atoms with Crippen LogP contribution in [0.5, 0.6) is 0 Å². The highest BCUT2D eigenvalue weighted by Crippen LogP contribution is 2.16. The first-order valence-electron chi connectivity index (χ1n) is 4.20. The van der Waals surface area contributed by atoms with Gasteiger partial charge in [0, 0.05) is 0 Å². The number of carboxylic acid groups (broad SMARTS) is 1. The number of hydrogen-bond acceptors (Lipinski definition) is 3. The molecule has 80 valence electrons. The molecule has 0 heterocycles. The zero-order chi connectivity index (χ0) is 11.3. The maximum Gasteiger partial charge on any atom is 0.322 e. The summed E-state index contributed by atoms with van der Waals surface area (Å²) in [5.41, 5.74) is 6.86. The Hall–Kier alpha value is -1.82. The summed E-state index contributed by atoms with van der Waals surface area (Å²) >= 11 is 4.87. The quantitative estimate of drug-likeness (QED) is 0.446. The Kier molecular flexibility index (Phi) is 3.87. The smallest absolute Gasteiger partial charge is 0.322 e. The molecule has 0 unspecified atom stereocenters. The lowest BCUT2D eigenvalue weighted by molar-refractivity contribution is -0.135. The molecular weight excluding hydrogens is 214 g/mol. The van der Waals surface area contributed by atoms with Crippen molar-refractivity contribution in [1.29, 1.82) is 0 Å². The van der Waals surface area contributed by atoms with Gasteiger partial charge in [-0.1, -0.05) is 12.1 Å². The maximum atomic E-state index is 10.2. The fourth-order valence-electron chi connectivity index (χ4n) is 0.933. The number of rotatable bonds is 3. The molecule has 0 aliphatic carbocycles. The number of para-hydroxylation sites is 2. The lowest BCUT2D eigenvalue weighted by Gasteiger charge is -2.10. The largest absolute Gasteiger partial charge is 0.480 e. The van der Waals surface area contributed by atoms with Crippen molar-refractivity contribution in [1.82, 2.24) is 5.32 Å². The topological polar surface area (TPSA) is 87.4 Å². The van der Waals surface area contributed by atoms with E-state index >= 15 is 0 Å². The van der Waals surface area contributed by atoms with Gasteiger partial charge in [0.05, 0.1) is 11.4 Å². The molecule has 15 heavy (non-hydrogen) atoms. The van der Waals surface area contributed by atoms with Crippen LogP contribution in [0.4, 0.5) is 11.4 Å². The van der Waals surface area contributed by atoms with Crippen molar-refractivity contribution >= 4 is 34.7 Å². The monoisotopic (exact) mass is 225 g/mol. The first-order valence-corrected chi connectivity index (χ1v) is 4.61. The number of hydrogen-bond donors (Lipinski definition) is 4. The van der Waals surface area contributed by atoms with E-state index in [9.17, 15) is 4.79 Å². The summed E-state index contributed by atoms with van der Waals surface area (Å²) in [6, 6.07) is 7.08. The second kappa shape index (κ2) is 5.16. The molecule has 0 spiro atoms. The number of nitrogens with one attached hydrogen (secondary N) is 2. The molecular formula is C9H11N3O2S. The van der Waals surface area contributed by atoms with Crippen LogP contribution < -0.4 is 16.4 Å². The Morgan fingerprint density at radius 2 is 2.13 bits per heavy atom. The molecule has 0 aliphatic heterocycles. The summed E-state index contributed by atoms with van der Waals surface area (Å²) in [5, 5.41) is 14.0. The second-order valence-corrected chi connectivity index (χ2v) is 3.20. The Bertz CT molecular complexity index is 381. The zero-order valence-corrected chi connectivity index (χ0v) is 8.67. The molecule has 0 fully saturated rings. The fourth-order valence-corrected chi connectivity index (χ4v) is 1.12. The minimum absolute atomic E-state index is 0.224. The van der Waals surface area contributed by atoms with Crippen molar-refractivity contribution in [2.75, 3.05) is 17.6 Å². The van der Waals surface area contributed by atoms with Crippen molar-refractivity contribution in [2.45, 2.75) is 0 Å². The van der Waals surface area contributed by atoms with Gasteiger partial charge < -0.3 is 21.5 Å². The molecule has 0 aromatic heterocycles. The van der Waals surface area contributed by atoms with Crippen LogP contribution in [-0.4, -0.2) is 22.7 Å². The molecule has 5 nitrogen and oxygen atoms in total. The van der Waals surface area contributed by atoms with E-state index < -0.39 is 5.97 Å². The molecule has 6 heteroatoms. The summed E-state index contributed by atoms with van der Waals surface area (Å²) < 4.78 is 0. The number of thiocarbonyl (C=S) groups is 1. The molecule has 1 aromatic carbocycles. The van der Waals surface area contributed by atoms with E-state index in [1.807, 2.05) is 0 Å². The number of carbonyl (C=O) groups is 1. The van der Waals surface area contributed by atoms with Crippen LogP contribution in [0.15, 0.2) is 24.3 Å². The summed E-state index contributed by atoms with van der Waals surface area (Å²) in [5.74, 6) is -0.972. The Balaban J connectivity index is 2.52. The summed E-state index contributed by atoms with van der Waals surface area (Å²) in [4.78, 5) is 10.2. The van der Waals surface area contributed by atoms with Crippen LogP contribution >= 0.6 is 12.2 Å². The second-order valence-electron chi connectivity index (χ2n) is 2.79. The van der Waals surface area contributed by atoms with Gasteiger partial charge in [0.25, 0.3) is 0 Å². The number of nitrogens with two attached hydrogens (primary N) is 1. The predicted octanol–water partition coefficient (Wildman–Crippen LogP) is 0.640. The highest BCUT2D eigenvalue weighted by Gasteiger charge is 2.01. The van der Waals surface area contributed by atoms with Crippen molar-refractivity contribution in [3.05, 3.63) is 24.3 Å². The summed E-state index contributed by atoms with van der Waals surface area (Å²) in [7, 11) is 0. The van der Waals surface area contributed by atoms with E-state index in [0.29, 0.717) is 11.4 Å². The molecule has 0 bridgehead atoms. The van der Waals surface area contributed by atoms with Crippen LogP contribution in [0, 0.1) is 0 Å². The minimum Gasteiger partial charge on any atom is -0.480 e. The molecule has 0 saturated carbocycles. The molecule has 1 aromatic rings. The van der Waals surface area contributed by atoms with Gasteiger partial charge in [-0.25, -0.2) is 0 Å². The number of nitrogen functional groups attached to an aromatic ring is 1. The molecule has 0 amide bonds. The minimum atomic E-state index is -0.972. The third kappa shape index (κ3) is 3.82. The van der Waals surface area contributed by atoms with Crippen LogP contribution in [0.2, 0.25) is 0 Å². The molecule has 5 N–H and O–H groups in total. The van der Waals surface area contributed by atoms with Gasteiger partial charge in [0.1, 0.15) is 6.54 Å². The normalized spacial score (nSPS) is 9.33. The van der Waals surface area contributed by atoms with Crippen LogP contribution in [0.1, 0.15) is 0 Å². The van der Waals surface area contributed by atoms with Crippen molar-refractivity contribution < 1.29 is 9.90 Å². The standard InChI is InChI=1S/C9H11N3O2S/c10-6-3-1-2-4-7(6)12-9(15)11-5-8(13)14/h1-4H,5,10H2,(H,13,14)(H2,11,12,15). The fraction of sp³-hybridized carbons (Fsp3) is 0.111. The van der Waals surface area contributed by atoms with Crippen LogP contribution in [0.25, 0.3) is 0 Å². The van der Waals surface area contributed by atoms with E-state index in [1.165, 1.54) is 0 Å². The highest BCUT2D eigenvalue weighted by molar-refractivity contribution is 7.80. The van der Waals surface area contributed by atoms with Gasteiger partial charge in [-0.2, -0.15) is 0 Å². The van der Waals surface area contributed by atoms with E-state index in [-0.39, 0.29) is 11.7 Å². The summed E-state index contributed by atoms with van der Waals surface area (Å²) in [6.45, 7) is -0.224. The SMILES string of the molecule is Nc1ccccc1NC(=S)NCC(=O)O. The predicted molar refractivity (Wildman–Crippen MR) is 62.7 cm³/mol. The zero-order valence-electron chi connectivity index (χ0n) is 7.86. The third-order valence-electron chi connectivity index (χ3n) is 1.61. The number of carboxylic acids is 1. The van der Waals surface area contributed by atoms with E-state index in [1.54, 1.807) is 24.3 Å². The Morgan fingerprint density at radius 3 is 2.73 bits per heavy atom. The van der Waals surface area contributed by atoms with E-state index in [0.717, 1.165) is 0 Å². The van der Waals surface area contributed by atoms with E-state index in [4.69, 9.17) is 23.1 Å². The van der Waals surface area contributed by atoms with Gasteiger partial charge in [-0.05, 0) is 24.4 Å². The van der Waals surface area contributed by atoms with Crippen LogP contribution in [-0.2, 0) is 4.79 Å². The number of benzene rings is 1. The lowest BCUT2D eigenvalue weighted by Crippen LogP contribution is -2.33. The van der Waals surface area contributed by atoms with Gasteiger partial charge >= 0.3 is 5.97 Å². The first kappa shape index (κ1) is 11.3. The average molecular weight is 225 g/mol. The molecule has 0 radical (unpaired) electrons. The number of anilines is 2. The molecule has 1 rings (SSSR count). The van der Waals surface area contributed by atoms with Gasteiger partial charge in [0.15, 0.2) is 5.11 Å². The third-order valence-corrected chi connectivity index (χ3v) is 1.86. The van der Waals surface area contributed by atoms with Crippen molar-refractivity contribution in [3.63, 3.8) is 0 Å². The van der Waals surface area contributed by atoms with Gasteiger partial charge in [0.2, 0.25) is 0 Å². The van der Waals surface area contributed by atoms with Crippen LogP contribution in [0.3, 0.4) is 0 Å². The van der Waals surface area contributed by atoms with E-state index in [2.05, 4.69) is 10.6 Å². The first-order chi connectivity index (χ1) is 7.09.